The van der Waals surface area contributed by atoms with Gasteiger partial charge in [-0.25, -0.2) is 0 Å². The molecule has 0 aliphatic carbocycles. The van der Waals surface area contributed by atoms with E-state index in [-0.39, 0.29) is 28.8 Å². The number of ether oxygens (including phenoxy) is 1. The van der Waals surface area contributed by atoms with Gasteiger partial charge >= 0.3 is 0 Å². The molecule has 1 saturated heterocycles. The predicted octanol–water partition coefficient (Wildman–Crippen LogP) is 2.21. The molecule has 0 saturated carbocycles. The highest BCUT2D eigenvalue weighted by Gasteiger charge is 2.45. The van der Waals surface area contributed by atoms with Gasteiger partial charge in [-0.05, 0) is 10.8 Å². The Morgan fingerprint density at radius 3 is 2.12 bits per heavy atom. The first-order chi connectivity index (χ1) is 7.14. The molecular formula is C13H25NO2. The van der Waals surface area contributed by atoms with Gasteiger partial charge in [-0.2, -0.15) is 0 Å². The summed E-state index contributed by atoms with van der Waals surface area (Å²) in [5.74, 6) is 0.0416. The molecule has 1 N–H and O–H groups in total. The van der Waals surface area contributed by atoms with Gasteiger partial charge in [0.25, 0.3) is 0 Å². The van der Waals surface area contributed by atoms with Crippen molar-refractivity contribution < 1.29 is 9.53 Å². The van der Waals surface area contributed by atoms with Crippen molar-refractivity contribution in [1.82, 2.24) is 5.32 Å². The van der Waals surface area contributed by atoms with Gasteiger partial charge in [-0.3, -0.25) is 4.79 Å². The third-order valence-electron chi connectivity index (χ3n) is 3.07. The summed E-state index contributed by atoms with van der Waals surface area (Å²) >= 11 is 0. The van der Waals surface area contributed by atoms with Crippen molar-refractivity contribution >= 4 is 5.91 Å². The van der Waals surface area contributed by atoms with Crippen LogP contribution in [0, 0.1) is 16.7 Å². The normalized spacial score (nSPS) is 28.5. The first-order valence-electron chi connectivity index (χ1n) is 6.03. The van der Waals surface area contributed by atoms with Gasteiger partial charge in [-0.1, -0.05) is 41.5 Å². The maximum absolute atomic E-state index is 12.1. The lowest BCUT2D eigenvalue weighted by molar-refractivity contribution is -0.138. The van der Waals surface area contributed by atoms with E-state index < -0.39 is 0 Å². The number of rotatable bonds is 0. The summed E-state index contributed by atoms with van der Waals surface area (Å²) in [6.45, 7) is 13.9. The summed E-state index contributed by atoms with van der Waals surface area (Å²) < 4.78 is 5.89. The first-order valence-corrected chi connectivity index (χ1v) is 6.03. The molecule has 0 spiro atoms. The van der Waals surface area contributed by atoms with Crippen molar-refractivity contribution in [2.24, 2.45) is 16.7 Å². The van der Waals surface area contributed by atoms with Gasteiger partial charge in [0.2, 0.25) is 5.91 Å². The zero-order valence-electron chi connectivity index (χ0n) is 11.4. The fourth-order valence-corrected chi connectivity index (χ4v) is 2.30. The minimum atomic E-state index is -0.0880. The number of hydrogen-bond donors (Lipinski definition) is 1. The molecule has 2 unspecified atom stereocenters. The van der Waals surface area contributed by atoms with E-state index in [1.807, 2.05) is 0 Å². The standard InChI is InChI=1S/C13H25NO2/c1-12(2,3)9-10(13(4,5)6)16-8-7-14-11(9)15/h9-10H,7-8H2,1-6H3,(H,14,15). The molecule has 0 aromatic heterocycles. The SMILES string of the molecule is CC(C)(C)C1OCCNC(=O)C1C(C)(C)C. The van der Waals surface area contributed by atoms with Crippen LogP contribution in [0.2, 0.25) is 0 Å². The average molecular weight is 227 g/mol. The van der Waals surface area contributed by atoms with Crippen LogP contribution in [0.4, 0.5) is 0 Å². The molecule has 1 rings (SSSR count). The molecule has 3 nitrogen and oxygen atoms in total. The van der Waals surface area contributed by atoms with Gasteiger partial charge in [0.1, 0.15) is 0 Å². The summed E-state index contributed by atoms with van der Waals surface area (Å²) in [6.07, 6.45) is -0.0185. The van der Waals surface area contributed by atoms with E-state index in [1.54, 1.807) is 0 Å². The van der Waals surface area contributed by atoms with Gasteiger partial charge in [0.05, 0.1) is 18.6 Å². The minimum absolute atomic E-state index is 0.0143. The number of hydrogen-bond acceptors (Lipinski definition) is 2. The molecule has 1 amide bonds. The first kappa shape index (κ1) is 13.5. The van der Waals surface area contributed by atoms with Crippen LogP contribution in [0.15, 0.2) is 0 Å². The van der Waals surface area contributed by atoms with E-state index in [0.29, 0.717) is 13.2 Å². The Balaban J connectivity index is 3.05. The zero-order chi connectivity index (χ0) is 12.6. The third-order valence-corrected chi connectivity index (χ3v) is 3.07. The lowest BCUT2D eigenvalue weighted by atomic mass is 9.69. The van der Waals surface area contributed by atoms with Crippen LogP contribution in [-0.4, -0.2) is 25.2 Å². The van der Waals surface area contributed by atoms with Crippen LogP contribution in [0.5, 0.6) is 0 Å². The van der Waals surface area contributed by atoms with Gasteiger partial charge in [-0.15, -0.1) is 0 Å². The average Bonchev–Trinajstić information content (AvgIpc) is 2.23. The maximum Gasteiger partial charge on any atom is 0.226 e. The predicted molar refractivity (Wildman–Crippen MR) is 65.1 cm³/mol. The molecule has 3 heteroatoms. The highest BCUT2D eigenvalue weighted by atomic mass is 16.5. The Bertz CT molecular complexity index is 260. The monoisotopic (exact) mass is 227 g/mol. The fourth-order valence-electron chi connectivity index (χ4n) is 2.30. The third kappa shape index (κ3) is 2.97. The van der Waals surface area contributed by atoms with Gasteiger partial charge < -0.3 is 10.1 Å². The van der Waals surface area contributed by atoms with E-state index >= 15 is 0 Å². The second kappa shape index (κ2) is 4.36. The number of nitrogens with one attached hydrogen (secondary N) is 1. The Kier molecular flexibility index (Phi) is 3.68. The van der Waals surface area contributed by atoms with Crippen LogP contribution in [0.3, 0.4) is 0 Å². The molecule has 0 aromatic carbocycles. The van der Waals surface area contributed by atoms with Gasteiger partial charge in [0.15, 0.2) is 0 Å². The van der Waals surface area contributed by atoms with Crippen molar-refractivity contribution in [3.05, 3.63) is 0 Å². The molecule has 94 valence electrons. The Morgan fingerprint density at radius 2 is 1.69 bits per heavy atom. The van der Waals surface area contributed by atoms with E-state index in [0.717, 1.165) is 0 Å². The lowest BCUT2D eigenvalue weighted by Gasteiger charge is -2.40. The highest BCUT2D eigenvalue weighted by Crippen LogP contribution is 2.39. The maximum atomic E-state index is 12.1. The topological polar surface area (TPSA) is 38.3 Å². The molecular weight excluding hydrogens is 202 g/mol. The van der Waals surface area contributed by atoms with Crippen molar-refractivity contribution in [2.45, 2.75) is 47.6 Å². The van der Waals surface area contributed by atoms with Crippen molar-refractivity contribution in [3.63, 3.8) is 0 Å². The Labute approximate surface area is 98.9 Å². The highest BCUT2D eigenvalue weighted by molar-refractivity contribution is 5.80. The summed E-state index contributed by atoms with van der Waals surface area (Å²) in [5, 5.41) is 2.94. The molecule has 16 heavy (non-hydrogen) atoms. The number of carbonyl (C=O) groups excluding carboxylic acids is 1. The van der Waals surface area contributed by atoms with Crippen molar-refractivity contribution in [1.29, 1.82) is 0 Å². The van der Waals surface area contributed by atoms with Crippen LogP contribution in [0.1, 0.15) is 41.5 Å². The number of amides is 1. The Hall–Kier alpha value is -0.570. The van der Waals surface area contributed by atoms with E-state index in [4.69, 9.17) is 4.74 Å². The molecule has 0 bridgehead atoms. The van der Waals surface area contributed by atoms with Crippen LogP contribution in [-0.2, 0) is 9.53 Å². The van der Waals surface area contributed by atoms with Crippen LogP contribution < -0.4 is 5.32 Å². The minimum Gasteiger partial charge on any atom is -0.375 e. The van der Waals surface area contributed by atoms with Crippen LogP contribution >= 0.6 is 0 Å². The smallest absolute Gasteiger partial charge is 0.226 e. The molecule has 1 aliphatic rings. The molecule has 1 fully saturated rings. The lowest BCUT2D eigenvalue weighted by Crippen LogP contribution is -2.48. The van der Waals surface area contributed by atoms with Crippen LogP contribution in [0.25, 0.3) is 0 Å². The van der Waals surface area contributed by atoms with Gasteiger partial charge in [0, 0.05) is 6.54 Å². The second-order valence-electron chi connectivity index (χ2n) is 6.79. The molecule has 0 aromatic rings. The molecule has 1 aliphatic heterocycles. The van der Waals surface area contributed by atoms with Crippen molar-refractivity contribution in [3.8, 4) is 0 Å². The summed E-state index contributed by atoms with van der Waals surface area (Å²) in [5.41, 5.74) is -0.0913. The second-order valence-corrected chi connectivity index (χ2v) is 6.79. The van der Waals surface area contributed by atoms with Crippen molar-refractivity contribution in [2.75, 3.05) is 13.2 Å². The largest absolute Gasteiger partial charge is 0.375 e. The van der Waals surface area contributed by atoms with E-state index in [2.05, 4.69) is 46.9 Å². The zero-order valence-corrected chi connectivity index (χ0v) is 11.4. The number of carbonyl (C=O) groups is 1. The van der Waals surface area contributed by atoms with E-state index in [9.17, 15) is 4.79 Å². The molecule has 0 radical (unpaired) electrons. The molecule has 1 heterocycles. The summed E-state index contributed by atoms with van der Waals surface area (Å²) in [4.78, 5) is 12.1. The Morgan fingerprint density at radius 1 is 1.12 bits per heavy atom. The quantitative estimate of drug-likeness (QED) is 0.689. The molecule has 2 atom stereocenters. The summed E-state index contributed by atoms with van der Waals surface area (Å²) in [7, 11) is 0. The van der Waals surface area contributed by atoms with E-state index in [1.165, 1.54) is 0 Å². The summed E-state index contributed by atoms with van der Waals surface area (Å²) in [6, 6.07) is 0. The fraction of sp³-hybridized carbons (Fsp3) is 0.923.